The van der Waals surface area contributed by atoms with Crippen LogP contribution in [0.1, 0.15) is 31.9 Å². The summed E-state index contributed by atoms with van der Waals surface area (Å²) in [5.41, 5.74) is 2.75. The summed E-state index contributed by atoms with van der Waals surface area (Å²) in [7, 11) is 0. The van der Waals surface area contributed by atoms with Crippen molar-refractivity contribution in [1.82, 2.24) is 14.8 Å². The standard InChI is InChI=1S/C24H20Cl2FN3O/c1-24(2,3)18-8-17-12-28-30(23(31)22(17)19(27)11-18)13-14-4-6-15(7-5-14)16-9-20(25)29-21(26)10-16/h4-12H,13H2,1-3H3. The van der Waals surface area contributed by atoms with Crippen molar-refractivity contribution >= 4 is 34.0 Å². The van der Waals surface area contributed by atoms with E-state index >= 15 is 0 Å². The van der Waals surface area contributed by atoms with Crippen LogP contribution in [0, 0.1) is 5.82 Å². The second kappa shape index (κ2) is 8.06. The van der Waals surface area contributed by atoms with Crippen molar-refractivity contribution in [2.45, 2.75) is 32.7 Å². The summed E-state index contributed by atoms with van der Waals surface area (Å²) >= 11 is 12.0. The first-order chi connectivity index (χ1) is 14.6. The van der Waals surface area contributed by atoms with E-state index < -0.39 is 11.4 Å². The minimum Gasteiger partial charge on any atom is -0.267 e. The molecule has 4 nitrogen and oxygen atoms in total. The summed E-state index contributed by atoms with van der Waals surface area (Å²) in [6.07, 6.45) is 1.55. The monoisotopic (exact) mass is 455 g/mol. The molecule has 0 radical (unpaired) electrons. The lowest BCUT2D eigenvalue weighted by Gasteiger charge is -2.19. The Balaban J connectivity index is 1.66. The maximum Gasteiger partial charge on any atom is 0.277 e. The number of halogens is 3. The zero-order valence-corrected chi connectivity index (χ0v) is 18.8. The molecule has 0 aliphatic heterocycles. The fourth-order valence-corrected chi connectivity index (χ4v) is 3.88. The van der Waals surface area contributed by atoms with Gasteiger partial charge in [0.2, 0.25) is 0 Å². The van der Waals surface area contributed by atoms with Crippen molar-refractivity contribution in [3.8, 4) is 11.1 Å². The van der Waals surface area contributed by atoms with Gasteiger partial charge in [0, 0.05) is 5.39 Å². The molecule has 0 unspecified atom stereocenters. The van der Waals surface area contributed by atoms with Gasteiger partial charge < -0.3 is 0 Å². The van der Waals surface area contributed by atoms with E-state index in [9.17, 15) is 9.18 Å². The fraction of sp³-hybridized carbons (Fsp3) is 0.208. The molecule has 0 saturated carbocycles. The average molecular weight is 456 g/mol. The summed E-state index contributed by atoms with van der Waals surface area (Å²) in [6.45, 7) is 6.23. The number of aromatic nitrogens is 3. The normalized spacial score (nSPS) is 11.8. The highest BCUT2D eigenvalue weighted by atomic mass is 35.5. The van der Waals surface area contributed by atoms with E-state index in [1.807, 2.05) is 51.1 Å². The van der Waals surface area contributed by atoms with Crippen LogP contribution in [0.4, 0.5) is 4.39 Å². The van der Waals surface area contributed by atoms with Crippen LogP contribution in [0.15, 0.2) is 59.5 Å². The maximum absolute atomic E-state index is 14.8. The quantitative estimate of drug-likeness (QED) is 0.343. The molecule has 2 aromatic heterocycles. The number of fused-ring (bicyclic) bond motifs is 1. The van der Waals surface area contributed by atoms with Gasteiger partial charge in [0.05, 0.1) is 18.1 Å². The zero-order chi connectivity index (χ0) is 22.3. The SMILES string of the molecule is CC(C)(C)c1cc(F)c2c(=O)n(Cc3ccc(-c4cc(Cl)nc(Cl)c4)cc3)ncc2c1. The van der Waals surface area contributed by atoms with Crippen LogP contribution in [-0.2, 0) is 12.0 Å². The number of pyridine rings is 1. The van der Waals surface area contributed by atoms with Gasteiger partial charge in [-0.1, -0.05) is 68.2 Å². The minimum absolute atomic E-state index is 0.0562. The highest BCUT2D eigenvalue weighted by Crippen LogP contribution is 2.27. The molecule has 2 aromatic carbocycles. The fourth-order valence-electron chi connectivity index (χ4n) is 3.42. The van der Waals surface area contributed by atoms with E-state index in [-0.39, 0.29) is 17.3 Å². The van der Waals surface area contributed by atoms with Gasteiger partial charge in [0.15, 0.2) is 0 Å². The smallest absolute Gasteiger partial charge is 0.267 e. The molecule has 0 aliphatic rings. The van der Waals surface area contributed by atoms with E-state index in [0.29, 0.717) is 15.7 Å². The van der Waals surface area contributed by atoms with Gasteiger partial charge in [-0.15, -0.1) is 0 Å². The molecule has 0 bridgehead atoms. The molecule has 0 fully saturated rings. The van der Waals surface area contributed by atoms with Crippen molar-refractivity contribution in [3.63, 3.8) is 0 Å². The second-order valence-corrected chi connectivity index (χ2v) is 9.25. The number of nitrogens with zero attached hydrogens (tertiary/aromatic N) is 3. The molecule has 158 valence electrons. The third kappa shape index (κ3) is 4.48. The van der Waals surface area contributed by atoms with Crippen LogP contribution in [0.3, 0.4) is 0 Å². The Morgan fingerprint density at radius 1 is 0.968 bits per heavy atom. The number of rotatable bonds is 3. The highest BCUT2D eigenvalue weighted by molar-refractivity contribution is 6.32. The summed E-state index contributed by atoms with van der Waals surface area (Å²) in [6, 6.07) is 14.3. The number of hydrogen-bond acceptors (Lipinski definition) is 3. The zero-order valence-electron chi connectivity index (χ0n) is 17.3. The first-order valence-electron chi connectivity index (χ1n) is 9.74. The van der Waals surface area contributed by atoms with Crippen molar-refractivity contribution in [1.29, 1.82) is 0 Å². The summed E-state index contributed by atoms with van der Waals surface area (Å²) in [5, 5.41) is 5.46. The lowest BCUT2D eigenvalue weighted by Crippen LogP contribution is -2.24. The van der Waals surface area contributed by atoms with E-state index in [4.69, 9.17) is 23.2 Å². The molecular weight excluding hydrogens is 436 g/mol. The van der Waals surface area contributed by atoms with Crippen molar-refractivity contribution < 1.29 is 4.39 Å². The van der Waals surface area contributed by atoms with Crippen LogP contribution in [-0.4, -0.2) is 14.8 Å². The Kier molecular flexibility index (Phi) is 5.58. The van der Waals surface area contributed by atoms with Crippen LogP contribution in [0.5, 0.6) is 0 Å². The topological polar surface area (TPSA) is 47.8 Å². The highest BCUT2D eigenvalue weighted by Gasteiger charge is 2.18. The van der Waals surface area contributed by atoms with Crippen molar-refractivity contribution in [2.75, 3.05) is 0 Å². The summed E-state index contributed by atoms with van der Waals surface area (Å²) < 4.78 is 16.1. The van der Waals surface area contributed by atoms with Crippen LogP contribution in [0.2, 0.25) is 10.3 Å². The van der Waals surface area contributed by atoms with Crippen LogP contribution in [0.25, 0.3) is 21.9 Å². The first-order valence-corrected chi connectivity index (χ1v) is 10.5. The number of benzene rings is 2. The maximum atomic E-state index is 14.8. The minimum atomic E-state index is -0.523. The van der Waals surface area contributed by atoms with Gasteiger partial charge in [0.25, 0.3) is 5.56 Å². The molecule has 0 atom stereocenters. The molecule has 0 amide bonds. The van der Waals surface area contributed by atoms with Crippen LogP contribution < -0.4 is 5.56 Å². The Labute approximate surface area is 189 Å². The van der Waals surface area contributed by atoms with Gasteiger partial charge >= 0.3 is 0 Å². The molecular formula is C24H20Cl2FN3O. The van der Waals surface area contributed by atoms with E-state index in [1.165, 1.54) is 10.7 Å². The Morgan fingerprint density at radius 2 is 1.61 bits per heavy atom. The largest absolute Gasteiger partial charge is 0.277 e. The van der Waals surface area contributed by atoms with Gasteiger partial charge in [-0.05, 0) is 51.9 Å². The molecule has 0 aliphatic carbocycles. The third-order valence-electron chi connectivity index (χ3n) is 5.15. The van der Waals surface area contributed by atoms with Gasteiger partial charge in [-0.2, -0.15) is 5.10 Å². The Morgan fingerprint density at radius 3 is 2.23 bits per heavy atom. The van der Waals surface area contributed by atoms with E-state index in [2.05, 4.69) is 10.1 Å². The molecule has 0 spiro atoms. The lowest BCUT2D eigenvalue weighted by atomic mass is 9.86. The van der Waals surface area contributed by atoms with Gasteiger partial charge in [0.1, 0.15) is 16.1 Å². The molecule has 4 aromatic rings. The molecule has 31 heavy (non-hydrogen) atoms. The molecule has 0 N–H and O–H groups in total. The lowest BCUT2D eigenvalue weighted by molar-refractivity contribution is 0.574. The predicted octanol–water partition coefficient (Wildman–Crippen LogP) is 6.25. The summed E-state index contributed by atoms with van der Waals surface area (Å²) in [4.78, 5) is 16.8. The van der Waals surface area contributed by atoms with Crippen molar-refractivity contribution in [3.05, 3.63) is 92.3 Å². The average Bonchev–Trinajstić information content (AvgIpc) is 2.69. The molecule has 7 heteroatoms. The Hall–Kier alpha value is -2.76. The molecule has 4 rings (SSSR count). The number of hydrogen-bond donors (Lipinski definition) is 0. The van der Waals surface area contributed by atoms with E-state index in [0.717, 1.165) is 22.3 Å². The first kappa shape index (κ1) is 21.5. The van der Waals surface area contributed by atoms with Gasteiger partial charge in [-0.3, -0.25) is 4.79 Å². The van der Waals surface area contributed by atoms with Crippen LogP contribution >= 0.6 is 23.2 Å². The predicted molar refractivity (Wildman–Crippen MR) is 123 cm³/mol. The molecule has 0 saturated heterocycles. The van der Waals surface area contributed by atoms with Gasteiger partial charge in [-0.25, -0.2) is 14.1 Å². The second-order valence-electron chi connectivity index (χ2n) is 8.48. The third-order valence-corrected chi connectivity index (χ3v) is 5.54. The summed E-state index contributed by atoms with van der Waals surface area (Å²) in [5.74, 6) is -0.523. The van der Waals surface area contributed by atoms with E-state index in [1.54, 1.807) is 18.3 Å². The van der Waals surface area contributed by atoms with Crippen molar-refractivity contribution in [2.24, 2.45) is 0 Å². The molecule has 2 heterocycles. The Bertz CT molecular complexity index is 1320.